The molecule has 0 radical (unpaired) electrons. The molecule has 0 N–H and O–H groups in total. The third kappa shape index (κ3) is 2.13. The van der Waals surface area contributed by atoms with Crippen LogP contribution in [0.2, 0.25) is 0 Å². The van der Waals surface area contributed by atoms with Gasteiger partial charge in [0, 0.05) is 54.9 Å². The van der Waals surface area contributed by atoms with Crippen molar-refractivity contribution in [3.8, 4) is 0 Å². The molecule has 1 saturated heterocycles. The van der Waals surface area contributed by atoms with E-state index in [4.69, 9.17) is 0 Å². The highest BCUT2D eigenvalue weighted by Gasteiger charge is 2.45. The highest BCUT2D eigenvalue weighted by Crippen LogP contribution is 2.46. The zero-order valence-electron chi connectivity index (χ0n) is 14.9. The molecule has 1 aromatic carbocycles. The fraction of sp³-hybridized carbons (Fsp3) is 0.348. The summed E-state index contributed by atoms with van der Waals surface area (Å²) in [5.41, 5.74) is 5.43. The summed E-state index contributed by atoms with van der Waals surface area (Å²) >= 11 is 0. The second kappa shape index (κ2) is 5.55. The van der Waals surface area contributed by atoms with Gasteiger partial charge in [-0.2, -0.15) is 0 Å². The number of hydrogen-bond donors (Lipinski definition) is 0. The number of nitrogens with zero attached hydrogens (tertiary/aromatic N) is 3. The lowest BCUT2D eigenvalue weighted by Gasteiger charge is -2.34. The molecule has 2 aromatic heterocycles. The molecule has 3 nitrogen and oxygen atoms in total. The van der Waals surface area contributed by atoms with Crippen molar-refractivity contribution in [2.75, 3.05) is 6.54 Å². The Morgan fingerprint density at radius 2 is 1.92 bits per heavy atom. The zero-order valence-corrected chi connectivity index (χ0v) is 14.9. The number of fused-ring (bicyclic) bond motifs is 5. The summed E-state index contributed by atoms with van der Waals surface area (Å²) in [5, 5.41) is 1.28. The van der Waals surface area contributed by atoms with Crippen LogP contribution in [-0.4, -0.2) is 27.0 Å². The lowest BCUT2D eigenvalue weighted by atomic mass is 10.0. The van der Waals surface area contributed by atoms with Gasteiger partial charge in [-0.3, -0.25) is 9.88 Å². The van der Waals surface area contributed by atoms with Crippen LogP contribution in [0.1, 0.15) is 35.7 Å². The van der Waals surface area contributed by atoms with E-state index in [0.29, 0.717) is 12.1 Å². The molecule has 0 amide bonds. The maximum Gasteiger partial charge on any atom is 0.0591 e. The number of hydrogen-bond acceptors (Lipinski definition) is 2. The molecule has 6 rings (SSSR count). The standard InChI is InChI=1S/C23H23N3/c1-2-5-16(6-3-1)14-25-15-17-11-21(25)22(12-17)26-10-9-18-13-24-20-8-4-7-19(20)23(18)26/h1-7,9-10,13,17,21-22H,8,11-12,14-15H2/t17-,21+,22-/m1/s1. The molecule has 26 heavy (non-hydrogen) atoms. The quantitative estimate of drug-likeness (QED) is 0.702. The fourth-order valence-electron chi connectivity index (χ4n) is 5.52. The summed E-state index contributed by atoms with van der Waals surface area (Å²) in [7, 11) is 0. The summed E-state index contributed by atoms with van der Waals surface area (Å²) < 4.78 is 2.58. The van der Waals surface area contributed by atoms with Crippen LogP contribution in [0.3, 0.4) is 0 Å². The third-order valence-corrected chi connectivity index (χ3v) is 6.61. The van der Waals surface area contributed by atoms with Crippen LogP contribution in [0.25, 0.3) is 17.0 Å². The van der Waals surface area contributed by atoms with E-state index in [2.05, 4.69) is 75.4 Å². The van der Waals surface area contributed by atoms with Crippen LogP contribution >= 0.6 is 0 Å². The van der Waals surface area contributed by atoms with Gasteiger partial charge < -0.3 is 4.57 Å². The topological polar surface area (TPSA) is 21.1 Å². The van der Waals surface area contributed by atoms with Gasteiger partial charge in [0.05, 0.1) is 11.2 Å². The first-order valence-corrected chi connectivity index (χ1v) is 9.80. The largest absolute Gasteiger partial charge is 0.342 e. The average molecular weight is 341 g/mol. The molecule has 2 fully saturated rings. The summed E-state index contributed by atoms with van der Waals surface area (Å²) in [6.07, 6.45) is 12.5. The Kier molecular flexibility index (Phi) is 3.15. The first-order chi connectivity index (χ1) is 12.9. The molecule has 2 bridgehead atoms. The molecule has 3 heteroatoms. The average Bonchev–Trinajstić information content (AvgIpc) is 3.43. The summed E-state index contributed by atoms with van der Waals surface area (Å²) in [4.78, 5) is 7.38. The Balaban J connectivity index is 1.37. The van der Waals surface area contributed by atoms with Crippen LogP contribution in [0.15, 0.2) is 54.9 Å². The first kappa shape index (κ1) is 14.7. The number of piperidine rings is 1. The normalized spacial score (nSPS) is 26.8. The highest BCUT2D eigenvalue weighted by atomic mass is 15.2. The van der Waals surface area contributed by atoms with Crippen molar-refractivity contribution >= 4 is 17.0 Å². The van der Waals surface area contributed by atoms with Gasteiger partial charge in [0.1, 0.15) is 0 Å². The fourth-order valence-corrected chi connectivity index (χ4v) is 5.52. The van der Waals surface area contributed by atoms with Gasteiger partial charge in [-0.1, -0.05) is 42.5 Å². The molecule has 130 valence electrons. The Morgan fingerprint density at radius 1 is 1.04 bits per heavy atom. The Morgan fingerprint density at radius 3 is 2.81 bits per heavy atom. The van der Waals surface area contributed by atoms with Crippen molar-refractivity contribution in [2.45, 2.75) is 37.9 Å². The predicted molar refractivity (Wildman–Crippen MR) is 105 cm³/mol. The molecule has 0 spiro atoms. The van der Waals surface area contributed by atoms with Gasteiger partial charge in [0.25, 0.3) is 0 Å². The minimum Gasteiger partial charge on any atom is -0.342 e. The predicted octanol–water partition coefficient (Wildman–Crippen LogP) is 4.44. The smallest absolute Gasteiger partial charge is 0.0591 e. The van der Waals surface area contributed by atoms with E-state index in [-0.39, 0.29) is 0 Å². The second-order valence-corrected chi connectivity index (χ2v) is 8.14. The van der Waals surface area contributed by atoms with Gasteiger partial charge in [-0.15, -0.1) is 0 Å². The van der Waals surface area contributed by atoms with Gasteiger partial charge >= 0.3 is 0 Å². The summed E-state index contributed by atoms with van der Waals surface area (Å²) in [5.74, 6) is 0.844. The number of rotatable bonds is 3. The van der Waals surface area contributed by atoms with Crippen LogP contribution in [-0.2, 0) is 13.0 Å². The summed E-state index contributed by atoms with van der Waals surface area (Å²) in [6.45, 7) is 2.34. The van der Waals surface area contributed by atoms with E-state index >= 15 is 0 Å². The van der Waals surface area contributed by atoms with Gasteiger partial charge in [0.2, 0.25) is 0 Å². The first-order valence-electron chi connectivity index (χ1n) is 9.80. The van der Waals surface area contributed by atoms with E-state index in [1.165, 1.54) is 47.1 Å². The Labute approximate surface area is 154 Å². The number of likely N-dealkylation sites (tertiary alicyclic amines) is 1. The van der Waals surface area contributed by atoms with Crippen molar-refractivity contribution in [1.82, 2.24) is 14.5 Å². The van der Waals surface area contributed by atoms with Gasteiger partial charge in [-0.25, -0.2) is 0 Å². The maximum absolute atomic E-state index is 4.66. The highest BCUT2D eigenvalue weighted by molar-refractivity contribution is 5.90. The van der Waals surface area contributed by atoms with E-state index in [1.807, 2.05) is 0 Å². The molecule has 2 aliphatic carbocycles. The van der Waals surface area contributed by atoms with Crippen molar-refractivity contribution in [2.24, 2.45) is 5.92 Å². The number of aromatic nitrogens is 2. The van der Waals surface area contributed by atoms with Gasteiger partial charge in [-0.05, 0) is 30.4 Å². The minimum atomic E-state index is 0.593. The molecule has 3 aromatic rings. The van der Waals surface area contributed by atoms with E-state index < -0.39 is 0 Å². The lowest BCUT2D eigenvalue weighted by Crippen LogP contribution is -2.38. The van der Waals surface area contributed by atoms with Crippen molar-refractivity contribution in [3.05, 3.63) is 71.7 Å². The molecule has 3 atom stereocenters. The second-order valence-electron chi connectivity index (χ2n) is 8.14. The van der Waals surface area contributed by atoms with Crippen molar-refractivity contribution in [1.29, 1.82) is 0 Å². The number of pyridine rings is 1. The monoisotopic (exact) mass is 341 g/mol. The van der Waals surface area contributed by atoms with Crippen LogP contribution < -0.4 is 0 Å². The molecule has 3 heterocycles. The van der Waals surface area contributed by atoms with E-state index in [9.17, 15) is 0 Å². The maximum atomic E-state index is 4.66. The van der Waals surface area contributed by atoms with Crippen LogP contribution in [0.5, 0.6) is 0 Å². The van der Waals surface area contributed by atoms with Crippen LogP contribution in [0, 0.1) is 5.92 Å². The molecule has 0 unspecified atom stereocenters. The van der Waals surface area contributed by atoms with Gasteiger partial charge in [0.15, 0.2) is 0 Å². The minimum absolute atomic E-state index is 0.593. The van der Waals surface area contributed by atoms with Crippen molar-refractivity contribution in [3.63, 3.8) is 0 Å². The van der Waals surface area contributed by atoms with Crippen LogP contribution in [0.4, 0.5) is 0 Å². The third-order valence-electron chi connectivity index (χ3n) is 6.61. The van der Waals surface area contributed by atoms with Crippen molar-refractivity contribution < 1.29 is 0 Å². The molecular formula is C23H23N3. The van der Waals surface area contributed by atoms with E-state index in [1.54, 1.807) is 0 Å². The Bertz CT molecular complexity index is 1000. The zero-order chi connectivity index (χ0) is 17.1. The van der Waals surface area contributed by atoms with E-state index in [0.717, 1.165) is 18.9 Å². The number of benzene rings is 1. The Hall–Kier alpha value is -2.39. The molecular weight excluding hydrogens is 318 g/mol. The molecule has 1 saturated carbocycles. The SMILES string of the molecule is C1=Cc2c(ncc3ccn([C@@H]4C[C@H]5C[C@@H]4N(Cc4ccccc4)C5)c23)C1. The lowest BCUT2D eigenvalue weighted by molar-refractivity contribution is 0.156. The number of allylic oxidation sites excluding steroid dienone is 1. The summed E-state index contributed by atoms with van der Waals surface area (Å²) in [6, 6.07) is 14.4. The molecule has 3 aliphatic rings. The molecule has 1 aliphatic heterocycles.